The van der Waals surface area contributed by atoms with Gasteiger partial charge >= 0.3 is 5.69 Å². The van der Waals surface area contributed by atoms with E-state index < -0.39 is 16.4 Å². The number of halogens is 1. The van der Waals surface area contributed by atoms with Crippen LogP contribution in [0.5, 0.6) is 0 Å². The van der Waals surface area contributed by atoms with Gasteiger partial charge in [-0.25, -0.2) is 4.98 Å². The Morgan fingerprint density at radius 2 is 2.19 bits per heavy atom. The van der Waals surface area contributed by atoms with Crippen LogP contribution in [0, 0.1) is 15.9 Å². The number of thiophene rings is 1. The first-order valence-electron chi connectivity index (χ1n) is 5.92. The average Bonchev–Trinajstić information content (AvgIpc) is 2.93. The lowest BCUT2D eigenvalue weighted by Gasteiger charge is -2.06. The highest BCUT2D eigenvalue weighted by Crippen LogP contribution is 2.21. The Kier molecular flexibility index (Phi) is 3.22. The molecule has 1 aromatic carbocycles. The molecule has 0 saturated heterocycles. The number of fused-ring (bicyclic) bond motifs is 1. The quantitative estimate of drug-likeness (QED) is 0.550. The summed E-state index contributed by atoms with van der Waals surface area (Å²) in [5.41, 5.74) is -0.833. The van der Waals surface area contributed by atoms with Crippen LogP contribution in [0.4, 0.5) is 10.1 Å². The summed E-state index contributed by atoms with van der Waals surface area (Å²) in [5.74, 6) is -0.931. The number of nitro groups is 1. The summed E-state index contributed by atoms with van der Waals surface area (Å²) in [7, 11) is 0. The van der Waals surface area contributed by atoms with Gasteiger partial charge in [0.2, 0.25) is 5.82 Å². The van der Waals surface area contributed by atoms with Crippen molar-refractivity contribution in [1.29, 1.82) is 0 Å². The van der Waals surface area contributed by atoms with Crippen LogP contribution in [-0.2, 0) is 6.54 Å². The van der Waals surface area contributed by atoms with Crippen LogP contribution in [0.2, 0.25) is 0 Å². The predicted octanol–water partition coefficient (Wildman–Crippen LogP) is 2.55. The van der Waals surface area contributed by atoms with Crippen molar-refractivity contribution in [2.24, 2.45) is 0 Å². The number of nitrogens with zero attached hydrogens (tertiary/aromatic N) is 3. The molecule has 0 bridgehead atoms. The van der Waals surface area contributed by atoms with Crippen LogP contribution in [0.25, 0.3) is 10.2 Å². The Bertz CT molecular complexity index is 903. The van der Waals surface area contributed by atoms with E-state index in [0.717, 1.165) is 6.07 Å². The maximum Gasteiger partial charge on any atom is 0.305 e. The first-order valence-corrected chi connectivity index (χ1v) is 6.80. The van der Waals surface area contributed by atoms with Gasteiger partial charge in [0, 0.05) is 11.6 Å². The molecule has 3 rings (SSSR count). The molecule has 0 radical (unpaired) electrons. The lowest BCUT2D eigenvalue weighted by Crippen LogP contribution is -2.21. The summed E-state index contributed by atoms with van der Waals surface area (Å²) in [4.78, 5) is 26.8. The maximum absolute atomic E-state index is 14.0. The van der Waals surface area contributed by atoms with E-state index in [1.807, 2.05) is 0 Å². The van der Waals surface area contributed by atoms with E-state index in [1.165, 1.54) is 34.4 Å². The monoisotopic (exact) mass is 305 g/mol. The molecule has 21 heavy (non-hydrogen) atoms. The Morgan fingerprint density at radius 1 is 1.38 bits per heavy atom. The molecule has 0 fully saturated rings. The average molecular weight is 305 g/mol. The predicted molar refractivity (Wildman–Crippen MR) is 76.0 cm³/mol. The number of aromatic nitrogens is 2. The topological polar surface area (TPSA) is 78.0 Å². The molecule has 106 valence electrons. The van der Waals surface area contributed by atoms with Gasteiger partial charge in [-0.1, -0.05) is 12.1 Å². The highest BCUT2D eigenvalue weighted by atomic mass is 32.1. The molecule has 2 heterocycles. The van der Waals surface area contributed by atoms with Gasteiger partial charge < -0.3 is 0 Å². The summed E-state index contributed by atoms with van der Waals surface area (Å²) in [5, 5.41) is 12.9. The number of nitro benzene ring substituents is 1. The molecule has 6 nitrogen and oxygen atoms in total. The fourth-order valence-corrected chi connectivity index (χ4v) is 2.74. The van der Waals surface area contributed by atoms with Crippen LogP contribution in [0.3, 0.4) is 0 Å². The fraction of sp³-hybridized carbons (Fsp3) is 0.0769. The van der Waals surface area contributed by atoms with Crippen molar-refractivity contribution in [1.82, 2.24) is 9.55 Å². The van der Waals surface area contributed by atoms with Crippen LogP contribution in [-0.4, -0.2) is 14.5 Å². The Hall–Kier alpha value is -2.61. The molecule has 0 aliphatic heterocycles. The second kappa shape index (κ2) is 5.06. The highest BCUT2D eigenvalue weighted by molar-refractivity contribution is 7.16. The van der Waals surface area contributed by atoms with Crippen molar-refractivity contribution >= 4 is 27.2 Å². The standard InChI is InChI=1S/C13H8FN3O3S/c14-11-8(2-1-3-10(11)17(19)20)6-16-7-15-12-9(13(16)18)4-5-21-12/h1-5,7H,6H2. The van der Waals surface area contributed by atoms with Crippen LogP contribution in [0.15, 0.2) is 40.8 Å². The molecule has 0 N–H and O–H groups in total. The van der Waals surface area contributed by atoms with Crippen molar-refractivity contribution in [3.05, 3.63) is 67.8 Å². The fourth-order valence-electron chi connectivity index (χ4n) is 2.02. The van der Waals surface area contributed by atoms with Crippen molar-refractivity contribution in [3.8, 4) is 0 Å². The Labute approximate surface area is 121 Å². The van der Waals surface area contributed by atoms with Crippen molar-refractivity contribution in [2.45, 2.75) is 6.54 Å². The summed E-state index contributed by atoms with van der Waals surface area (Å²) >= 11 is 1.34. The molecule has 0 unspecified atom stereocenters. The SMILES string of the molecule is O=c1c2ccsc2ncn1Cc1cccc([N+](=O)[O-])c1F. The van der Waals surface area contributed by atoms with E-state index in [4.69, 9.17) is 0 Å². The number of hydrogen-bond donors (Lipinski definition) is 0. The lowest BCUT2D eigenvalue weighted by atomic mass is 10.2. The Balaban J connectivity index is 2.07. The van der Waals surface area contributed by atoms with Gasteiger partial charge in [0.25, 0.3) is 5.56 Å². The number of rotatable bonds is 3. The zero-order valence-electron chi connectivity index (χ0n) is 10.5. The lowest BCUT2D eigenvalue weighted by molar-refractivity contribution is -0.387. The highest BCUT2D eigenvalue weighted by Gasteiger charge is 2.18. The number of benzene rings is 1. The molecule has 3 aromatic rings. The van der Waals surface area contributed by atoms with Gasteiger partial charge in [-0.05, 0) is 11.4 Å². The van der Waals surface area contributed by atoms with E-state index in [0.29, 0.717) is 10.2 Å². The minimum atomic E-state index is -0.931. The molecule has 0 spiro atoms. The minimum Gasteiger partial charge on any atom is -0.294 e. The molecule has 0 saturated carbocycles. The summed E-state index contributed by atoms with van der Waals surface area (Å²) < 4.78 is 15.3. The first kappa shape index (κ1) is 13.4. The zero-order chi connectivity index (χ0) is 15.0. The van der Waals surface area contributed by atoms with Crippen LogP contribution >= 0.6 is 11.3 Å². The largest absolute Gasteiger partial charge is 0.305 e. The maximum atomic E-state index is 14.0. The second-order valence-electron chi connectivity index (χ2n) is 4.32. The molecule has 0 atom stereocenters. The first-order chi connectivity index (χ1) is 10.1. The van der Waals surface area contributed by atoms with Crippen LogP contribution in [0.1, 0.15) is 5.56 Å². The zero-order valence-corrected chi connectivity index (χ0v) is 11.3. The van der Waals surface area contributed by atoms with E-state index in [1.54, 1.807) is 11.4 Å². The smallest absolute Gasteiger partial charge is 0.294 e. The van der Waals surface area contributed by atoms with Gasteiger partial charge in [0.05, 0.1) is 23.2 Å². The normalized spacial score (nSPS) is 10.9. The third-order valence-corrected chi connectivity index (χ3v) is 3.87. The van der Waals surface area contributed by atoms with Crippen LogP contribution < -0.4 is 5.56 Å². The summed E-state index contributed by atoms with van der Waals surface area (Å²) in [6.45, 7) is -0.106. The number of hydrogen-bond acceptors (Lipinski definition) is 5. The molecule has 0 aliphatic carbocycles. The van der Waals surface area contributed by atoms with Gasteiger partial charge in [-0.15, -0.1) is 11.3 Å². The minimum absolute atomic E-state index is 0.0719. The molecule has 0 aliphatic rings. The molecule has 8 heteroatoms. The van der Waals surface area contributed by atoms with E-state index in [-0.39, 0.29) is 17.7 Å². The third kappa shape index (κ3) is 2.29. The van der Waals surface area contributed by atoms with E-state index in [2.05, 4.69) is 4.98 Å². The van der Waals surface area contributed by atoms with Crippen molar-refractivity contribution < 1.29 is 9.31 Å². The molecular formula is C13H8FN3O3S. The Morgan fingerprint density at radius 3 is 2.95 bits per heavy atom. The van der Waals surface area contributed by atoms with Crippen molar-refractivity contribution in [3.63, 3.8) is 0 Å². The van der Waals surface area contributed by atoms with Gasteiger partial charge in [0.1, 0.15) is 4.83 Å². The summed E-state index contributed by atoms with van der Waals surface area (Å²) in [6.07, 6.45) is 1.32. The summed E-state index contributed by atoms with van der Waals surface area (Å²) in [6, 6.07) is 5.53. The van der Waals surface area contributed by atoms with Crippen molar-refractivity contribution in [2.75, 3.05) is 0 Å². The second-order valence-corrected chi connectivity index (χ2v) is 5.22. The van der Waals surface area contributed by atoms with E-state index in [9.17, 15) is 19.3 Å². The third-order valence-electron chi connectivity index (χ3n) is 3.05. The van der Waals surface area contributed by atoms with Gasteiger partial charge in [0.15, 0.2) is 0 Å². The molecular weight excluding hydrogens is 297 g/mol. The van der Waals surface area contributed by atoms with E-state index >= 15 is 0 Å². The van der Waals surface area contributed by atoms with Gasteiger partial charge in [-0.3, -0.25) is 19.5 Å². The molecule has 0 amide bonds. The van der Waals surface area contributed by atoms with Gasteiger partial charge in [-0.2, -0.15) is 4.39 Å². The molecule has 2 aromatic heterocycles.